The number of rotatable bonds is 6. The van der Waals surface area contributed by atoms with Crippen molar-refractivity contribution in [2.75, 3.05) is 13.2 Å². The molecule has 1 saturated heterocycles. The molecule has 1 amide bonds. The van der Waals surface area contributed by atoms with Crippen LogP contribution in [0.25, 0.3) is 0 Å². The molecule has 0 N–H and O–H groups in total. The number of carbonyl (C=O) groups excluding carboxylic acids is 1. The van der Waals surface area contributed by atoms with Crippen LogP contribution >= 0.6 is 0 Å². The lowest BCUT2D eigenvalue weighted by molar-refractivity contribution is -0.137. The second-order valence-electron chi connectivity index (χ2n) is 6.37. The molecule has 6 heteroatoms. The predicted octanol–water partition coefficient (Wildman–Crippen LogP) is 3.07. The average Bonchev–Trinajstić information content (AvgIpc) is 3.24. The zero-order valence-electron chi connectivity index (χ0n) is 14.1. The molecule has 128 valence electrons. The summed E-state index contributed by atoms with van der Waals surface area (Å²) in [5.41, 5.74) is 1.06. The largest absolute Gasteiger partial charge is 0.367 e. The van der Waals surface area contributed by atoms with Crippen LogP contribution in [0.2, 0.25) is 0 Å². The maximum atomic E-state index is 12.5. The van der Waals surface area contributed by atoms with Gasteiger partial charge >= 0.3 is 0 Å². The summed E-state index contributed by atoms with van der Waals surface area (Å²) in [6.07, 6.45) is 1.81. The van der Waals surface area contributed by atoms with Gasteiger partial charge in [0.2, 0.25) is 11.8 Å². The van der Waals surface area contributed by atoms with Crippen LogP contribution in [-0.4, -0.2) is 34.1 Å². The molecule has 3 rings (SSSR count). The van der Waals surface area contributed by atoms with Gasteiger partial charge < -0.3 is 14.2 Å². The molecule has 6 nitrogen and oxygen atoms in total. The van der Waals surface area contributed by atoms with Crippen molar-refractivity contribution in [3.8, 4) is 0 Å². The van der Waals surface area contributed by atoms with Crippen LogP contribution in [0.3, 0.4) is 0 Å². The van der Waals surface area contributed by atoms with Gasteiger partial charge in [-0.1, -0.05) is 49.3 Å². The van der Waals surface area contributed by atoms with Gasteiger partial charge in [-0.3, -0.25) is 4.79 Å². The van der Waals surface area contributed by atoms with Crippen LogP contribution in [0.15, 0.2) is 34.9 Å². The number of hydrogen-bond acceptors (Lipinski definition) is 5. The normalized spacial score (nSPS) is 17.6. The van der Waals surface area contributed by atoms with Crippen molar-refractivity contribution in [1.29, 1.82) is 0 Å². The summed E-state index contributed by atoms with van der Waals surface area (Å²) in [6.45, 7) is 5.23. The molecule has 2 heterocycles. The number of hydrogen-bond donors (Lipinski definition) is 0. The second-order valence-corrected chi connectivity index (χ2v) is 6.37. The molecule has 24 heavy (non-hydrogen) atoms. The quantitative estimate of drug-likeness (QED) is 0.814. The summed E-state index contributed by atoms with van der Waals surface area (Å²) < 4.78 is 10.8. The molecule has 1 aromatic carbocycles. The van der Waals surface area contributed by atoms with E-state index in [-0.39, 0.29) is 24.5 Å². The number of amides is 1. The van der Waals surface area contributed by atoms with E-state index in [4.69, 9.17) is 9.26 Å². The lowest BCUT2D eigenvalue weighted by Gasteiger charge is -2.22. The van der Waals surface area contributed by atoms with Crippen molar-refractivity contribution in [2.45, 2.75) is 45.3 Å². The molecule has 0 radical (unpaired) electrons. The molecular weight excluding hydrogens is 306 g/mol. The van der Waals surface area contributed by atoms with Crippen molar-refractivity contribution >= 4 is 5.91 Å². The highest BCUT2D eigenvalue weighted by Gasteiger charge is 2.33. The van der Waals surface area contributed by atoms with Gasteiger partial charge in [0.05, 0.1) is 12.6 Å². The number of nitrogens with zero attached hydrogens (tertiary/aromatic N) is 3. The highest BCUT2D eigenvalue weighted by Crippen LogP contribution is 2.30. The second kappa shape index (κ2) is 7.57. The fourth-order valence-corrected chi connectivity index (χ4v) is 2.86. The van der Waals surface area contributed by atoms with Crippen molar-refractivity contribution in [1.82, 2.24) is 15.0 Å². The molecule has 1 aliphatic heterocycles. The van der Waals surface area contributed by atoms with Crippen LogP contribution in [0.4, 0.5) is 0 Å². The monoisotopic (exact) mass is 329 g/mol. The minimum absolute atomic E-state index is 0.0238. The molecule has 1 atom stereocenters. The fraction of sp³-hybridized carbons (Fsp3) is 0.500. The van der Waals surface area contributed by atoms with Crippen LogP contribution < -0.4 is 0 Å². The summed E-state index contributed by atoms with van der Waals surface area (Å²) in [5.74, 6) is 1.38. The zero-order chi connectivity index (χ0) is 16.9. The van der Waals surface area contributed by atoms with E-state index in [1.54, 1.807) is 4.90 Å². The summed E-state index contributed by atoms with van der Waals surface area (Å²) >= 11 is 0. The third-order valence-electron chi connectivity index (χ3n) is 4.16. The van der Waals surface area contributed by atoms with Gasteiger partial charge in [0.25, 0.3) is 0 Å². The first-order valence-electron chi connectivity index (χ1n) is 8.40. The van der Waals surface area contributed by atoms with E-state index in [1.807, 2.05) is 44.2 Å². The fourth-order valence-electron chi connectivity index (χ4n) is 2.86. The van der Waals surface area contributed by atoms with E-state index in [0.717, 1.165) is 18.4 Å². The molecule has 0 spiro atoms. The van der Waals surface area contributed by atoms with E-state index in [9.17, 15) is 4.79 Å². The van der Waals surface area contributed by atoms with Gasteiger partial charge in [-0.05, 0) is 18.4 Å². The maximum absolute atomic E-state index is 12.5. The minimum Gasteiger partial charge on any atom is -0.367 e. The lowest BCUT2D eigenvalue weighted by Crippen LogP contribution is -2.34. The van der Waals surface area contributed by atoms with Crippen LogP contribution in [-0.2, 0) is 16.1 Å². The standard InChI is InChI=1S/C18H23N3O3/c1-13(2)18-19-17(20-24-18)15-9-6-10-21(15)16(22)12-23-11-14-7-4-3-5-8-14/h3-5,7-8,13,15H,6,9-12H2,1-2H3/t15-/m0/s1. The topological polar surface area (TPSA) is 68.5 Å². The van der Waals surface area contributed by atoms with Gasteiger partial charge in [-0.25, -0.2) is 0 Å². The number of carbonyl (C=O) groups is 1. The smallest absolute Gasteiger partial charge is 0.249 e. The lowest BCUT2D eigenvalue weighted by atomic mass is 10.2. The summed E-state index contributed by atoms with van der Waals surface area (Å²) in [7, 11) is 0. The van der Waals surface area contributed by atoms with Gasteiger partial charge in [-0.15, -0.1) is 0 Å². The molecule has 1 aliphatic rings. The Morgan fingerprint density at radius 2 is 2.17 bits per heavy atom. The Morgan fingerprint density at radius 1 is 1.38 bits per heavy atom. The number of aromatic nitrogens is 2. The van der Waals surface area contributed by atoms with E-state index in [2.05, 4.69) is 10.1 Å². The van der Waals surface area contributed by atoms with Crippen molar-refractivity contribution < 1.29 is 14.1 Å². The van der Waals surface area contributed by atoms with Crippen LogP contribution in [0, 0.1) is 0 Å². The Bertz CT molecular complexity index is 669. The predicted molar refractivity (Wildman–Crippen MR) is 88.2 cm³/mol. The van der Waals surface area contributed by atoms with Crippen molar-refractivity contribution in [3.05, 3.63) is 47.6 Å². The van der Waals surface area contributed by atoms with Crippen LogP contribution in [0.5, 0.6) is 0 Å². The van der Waals surface area contributed by atoms with Gasteiger partial charge in [-0.2, -0.15) is 4.98 Å². The molecule has 0 bridgehead atoms. The third-order valence-corrected chi connectivity index (χ3v) is 4.16. The highest BCUT2D eigenvalue weighted by atomic mass is 16.5. The Labute approximate surface area is 141 Å². The number of benzene rings is 1. The van der Waals surface area contributed by atoms with Crippen molar-refractivity contribution in [3.63, 3.8) is 0 Å². The minimum atomic E-state index is -0.103. The molecule has 0 aliphatic carbocycles. The molecule has 0 saturated carbocycles. The highest BCUT2D eigenvalue weighted by molar-refractivity contribution is 5.78. The van der Waals surface area contributed by atoms with E-state index in [0.29, 0.717) is 24.9 Å². The van der Waals surface area contributed by atoms with Gasteiger partial charge in [0.1, 0.15) is 6.61 Å². The van der Waals surface area contributed by atoms with E-state index < -0.39 is 0 Å². The molecule has 1 fully saturated rings. The van der Waals surface area contributed by atoms with Crippen molar-refractivity contribution in [2.24, 2.45) is 0 Å². The van der Waals surface area contributed by atoms with Crippen LogP contribution in [0.1, 0.15) is 55.9 Å². The van der Waals surface area contributed by atoms with Gasteiger partial charge in [0, 0.05) is 12.5 Å². The van der Waals surface area contributed by atoms with E-state index in [1.165, 1.54) is 0 Å². The first-order chi connectivity index (χ1) is 11.6. The Kier molecular flexibility index (Phi) is 5.25. The first-order valence-corrected chi connectivity index (χ1v) is 8.40. The summed E-state index contributed by atoms with van der Waals surface area (Å²) in [6, 6.07) is 9.74. The molecule has 1 aromatic heterocycles. The first kappa shape index (κ1) is 16.6. The molecule has 0 unspecified atom stereocenters. The Balaban J connectivity index is 1.57. The zero-order valence-corrected chi connectivity index (χ0v) is 14.1. The number of likely N-dealkylation sites (tertiary alicyclic amines) is 1. The third kappa shape index (κ3) is 3.82. The van der Waals surface area contributed by atoms with E-state index >= 15 is 0 Å². The summed E-state index contributed by atoms with van der Waals surface area (Å²) in [4.78, 5) is 18.7. The SMILES string of the molecule is CC(C)c1nc([C@@H]2CCCN2C(=O)COCc2ccccc2)no1. The molecular formula is C18H23N3O3. The summed E-state index contributed by atoms with van der Waals surface area (Å²) in [5, 5.41) is 4.06. The number of ether oxygens (including phenoxy) is 1. The molecule has 2 aromatic rings. The Hall–Kier alpha value is -2.21. The van der Waals surface area contributed by atoms with Gasteiger partial charge in [0.15, 0.2) is 5.82 Å². The average molecular weight is 329 g/mol. The Morgan fingerprint density at radius 3 is 2.88 bits per heavy atom. The maximum Gasteiger partial charge on any atom is 0.249 e.